The summed E-state index contributed by atoms with van der Waals surface area (Å²) < 4.78 is 0. The highest BCUT2D eigenvalue weighted by Gasteiger charge is 2.17. The van der Waals surface area contributed by atoms with Crippen molar-refractivity contribution < 1.29 is 9.59 Å². The van der Waals surface area contributed by atoms with Crippen LogP contribution in [-0.2, 0) is 4.79 Å². The lowest BCUT2D eigenvalue weighted by Crippen LogP contribution is -2.17. The van der Waals surface area contributed by atoms with Gasteiger partial charge in [-0.25, -0.2) is 0 Å². The highest BCUT2D eigenvalue weighted by atomic mass is 35.5. The molecule has 0 spiro atoms. The van der Waals surface area contributed by atoms with Crippen LogP contribution in [-0.4, -0.2) is 11.7 Å². The topological polar surface area (TPSA) is 46.2 Å². The van der Waals surface area contributed by atoms with Gasteiger partial charge < -0.3 is 5.32 Å². The molecule has 0 aliphatic rings. The standard InChI is InChI=1S/C23H20ClNO2/c1-16(17-8-4-2-5-9-17)14-22(26)25-21-13-12-19(24)15-20(21)23(27)18-10-6-3-7-11-18/h2-13,15-16H,14H2,1H3,(H,25,26)/t16-/m1/s1. The fraction of sp³-hybridized carbons (Fsp3) is 0.130. The zero-order valence-corrected chi connectivity index (χ0v) is 15.7. The minimum absolute atomic E-state index is 0.0757. The first-order valence-corrected chi connectivity index (χ1v) is 9.16. The first kappa shape index (κ1) is 18.9. The van der Waals surface area contributed by atoms with Gasteiger partial charge in [-0.05, 0) is 29.7 Å². The molecule has 0 unspecified atom stereocenters. The first-order chi connectivity index (χ1) is 13.0. The molecular formula is C23H20ClNO2. The number of hydrogen-bond donors (Lipinski definition) is 1. The van der Waals surface area contributed by atoms with Crippen LogP contribution in [0.2, 0.25) is 5.02 Å². The second-order valence-electron chi connectivity index (χ2n) is 6.45. The Labute approximate surface area is 164 Å². The molecule has 27 heavy (non-hydrogen) atoms. The van der Waals surface area contributed by atoms with Crippen LogP contribution < -0.4 is 5.32 Å². The van der Waals surface area contributed by atoms with Crippen molar-refractivity contribution in [3.63, 3.8) is 0 Å². The van der Waals surface area contributed by atoms with Crippen LogP contribution >= 0.6 is 11.6 Å². The Morgan fingerprint density at radius 3 is 2.22 bits per heavy atom. The molecule has 0 aliphatic heterocycles. The number of nitrogens with one attached hydrogen (secondary N) is 1. The minimum Gasteiger partial charge on any atom is -0.325 e. The van der Waals surface area contributed by atoms with E-state index in [1.54, 1.807) is 42.5 Å². The zero-order chi connectivity index (χ0) is 19.2. The van der Waals surface area contributed by atoms with Crippen molar-refractivity contribution in [2.45, 2.75) is 19.3 Å². The minimum atomic E-state index is -0.176. The van der Waals surface area contributed by atoms with E-state index in [2.05, 4.69) is 5.32 Å². The van der Waals surface area contributed by atoms with Crippen LogP contribution in [0.4, 0.5) is 5.69 Å². The van der Waals surface area contributed by atoms with Crippen LogP contribution in [0.1, 0.15) is 40.7 Å². The Bertz CT molecular complexity index is 939. The molecule has 0 saturated heterocycles. The number of amides is 1. The molecule has 136 valence electrons. The highest BCUT2D eigenvalue weighted by molar-refractivity contribution is 6.31. The highest BCUT2D eigenvalue weighted by Crippen LogP contribution is 2.25. The van der Waals surface area contributed by atoms with Gasteiger partial charge in [0.1, 0.15) is 0 Å². The molecule has 0 aromatic heterocycles. The van der Waals surface area contributed by atoms with Crippen LogP contribution in [0.5, 0.6) is 0 Å². The molecular weight excluding hydrogens is 358 g/mol. The molecule has 1 atom stereocenters. The van der Waals surface area contributed by atoms with Crippen molar-refractivity contribution in [3.05, 3.63) is 101 Å². The van der Waals surface area contributed by atoms with Crippen molar-refractivity contribution in [1.82, 2.24) is 0 Å². The second kappa shape index (κ2) is 8.65. The normalized spacial score (nSPS) is 11.6. The first-order valence-electron chi connectivity index (χ1n) is 8.78. The van der Waals surface area contributed by atoms with Gasteiger partial charge in [0, 0.05) is 22.6 Å². The third-order valence-electron chi connectivity index (χ3n) is 4.40. The third-order valence-corrected chi connectivity index (χ3v) is 4.63. The summed E-state index contributed by atoms with van der Waals surface area (Å²) in [6.45, 7) is 2.01. The maximum atomic E-state index is 12.8. The molecule has 0 heterocycles. The largest absolute Gasteiger partial charge is 0.325 e. The summed E-state index contributed by atoms with van der Waals surface area (Å²) in [7, 11) is 0. The van der Waals surface area contributed by atoms with Gasteiger partial charge in [-0.15, -0.1) is 0 Å². The molecule has 0 radical (unpaired) electrons. The van der Waals surface area contributed by atoms with Gasteiger partial charge in [0.15, 0.2) is 5.78 Å². The number of benzene rings is 3. The molecule has 3 aromatic carbocycles. The second-order valence-corrected chi connectivity index (χ2v) is 6.89. The van der Waals surface area contributed by atoms with E-state index >= 15 is 0 Å². The summed E-state index contributed by atoms with van der Waals surface area (Å²) in [6, 6.07) is 23.7. The SMILES string of the molecule is C[C@H](CC(=O)Nc1ccc(Cl)cc1C(=O)c1ccccc1)c1ccccc1. The van der Waals surface area contributed by atoms with Crippen molar-refractivity contribution in [2.75, 3.05) is 5.32 Å². The Balaban J connectivity index is 1.79. The van der Waals surface area contributed by atoms with Gasteiger partial charge in [-0.2, -0.15) is 0 Å². The number of ketones is 1. The van der Waals surface area contributed by atoms with E-state index < -0.39 is 0 Å². The molecule has 3 aromatic rings. The fourth-order valence-electron chi connectivity index (χ4n) is 2.94. The Kier molecular flexibility index (Phi) is 6.05. The summed E-state index contributed by atoms with van der Waals surface area (Å²) in [4.78, 5) is 25.4. The summed E-state index contributed by atoms with van der Waals surface area (Å²) >= 11 is 6.08. The lowest BCUT2D eigenvalue weighted by atomic mass is 9.97. The van der Waals surface area contributed by atoms with E-state index in [0.717, 1.165) is 5.56 Å². The van der Waals surface area contributed by atoms with Gasteiger partial charge >= 0.3 is 0 Å². The number of carbonyl (C=O) groups excluding carboxylic acids is 2. The Hall–Kier alpha value is -2.91. The average Bonchev–Trinajstić information content (AvgIpc) is 2.70. The van der Waals surface area contributed by atoms with E-state index in [4.69, 9.17) is 11.6 Å². The van der Waals surface area contributed by atoms with Crippen LogP contribution in [0.15, 0.2) is 78.9 Å². The summed E-state index contributed by atoms with van der Waals surface area (Å²) in [6.07, 6.45) is 0.325. The number of halogens is 1. The van der Waals surface area contributed by atoms with Crippen molar-refractivity contribution in [1.29, 1.82) is 0 Å². The molecule has 3 nitrogen and oxygen atoms in total. The molecule has 0 fully saturated rings. The molecule has 4 heteroatoms. The van der Waals surface area contributed by atoms with E-state index in [9.17, 15) is 9.59 Å². The summed E-state index contributed by atoms with van der Waals surface area (Å²) in [5, 5.41) is 3.32. The predicted molar refractivity (Wildman–Crippen MR) is 109 cm³/mol. The number of hydrogen-bond acceptors (Lipinski definition) is 2. The maximum absolute atomic E-state index is 12.8. The number of rotatable bonds is 6. The lowest BCUT2D eigenvalue weighted by Gasteiger charge is -2.14. The van der Waals surface area contributed by atoms with E-state index in [0.29, 0.717) is 28.3 Å². The van der Waals surface area contributed by atoms with E-state index in [1.165, 1.54) is 0 Å². The van der Waals surface area contributed by atoms with Gasteiger partial charge in [-0.1, -0.05) is 79.2 Å². The van der Waals surface area contributed by atoms with Crippen molar-refractivity contribution in [2.24, 2.45) is 0 Å². The van der Waals surface area contributed by atoms with E-state index in [1.807, 2.05) is 43.3 Å². The number of anilines is 1. The quantitative estimate of drug-likeness (QED) is 0.560. The smallest absolute Gasteiger partial charge is 0.224 e. The monoisotopic (exact) mass is 377 g/mol. The lowest BCUT2D eigenvalue weighted by molar-refractivity contribution is -0.116. The molecule has 0 saturated carbocycles. The van der Waals surface area contributed by atoms with Crippen molar-refractivity contribution in [3.8, 4) is 0 Å². The van der Waals surface area contributed by atoms with E-state index in [-0.39, 0.29) is 17.6 Å². The van der Waals surface area contributed by atoms with Gasteiger partial charge in [0.05, 0.1) is 5.69 Å². The zero-order valence-electron chi connectivity index (χ0n) is 15.0. The van der Waals surface area contributed by atoms with Crippen LogP contribution in [0, 0.1) is 0 Å². The van der Waals surface area contributed by atoms with Gasteiger partial charge in [0.2, 0.25) is 5.91 Å². The van der Waals surface area contributed by atoms with Crippen molar-refractivity contribution >= 4 is 29.0 Å². The number of carbonyl (C=O) groups is 2. The average molecular weight is 378 g/mol. The molecule has 0 bridgehead atoms. The summed E-state index contributed by atoms with van der Waals surface area (Å²) in [5.74, 6) is -0.243. The maximum Gasteiger partial charge on any atom is 0.224 e. The van der Waals surface area contributed by atoms with Crippen LogP contribution in [0.3, 0.4) is 0 Å². The van der Waals surface area contributed by atoms with Gasteiger partial charge in [0.25, 0.3) is 0 Å². The summed E-state index contributed by atoms with van der Waals surface area (Å²) in [5.41, 5.74) is 2.50. The predicted octanol–water partition coefficient (Wildman–Crippen LogP) is 5.70. The molecule has 3 rings (SSSR count). The Morgan fingerprint density at radius 2 is 1.56 bits per heavy atom. The Morgan fingerprint density at radius 1 is 0.926 bits per heavy atom. The third kappa shape index (κ3) is 4.83. The van der Waals surface area contributed by atoms with Crippen LogP contribution in [0.25, 0.3) is 0 Å². The molecule has 1 N–H and O–H groups in total. The molecule has 0 aliphatic carbocycles. The molecule has 1 amide bonds. The fourth-order valence-corrected chi connectivity index (χ4v) is 3.11. The van der Waals surface area contributed by atoms with Gasteiger partial charge in [-0.3, -0.25) is 9.59 Å².